The maximum absolute atomic E-state index is 12.6. The van der Waals surface area contributed by atoms with Crippen molar-refractivity contribution < 1.29 is 32.8 Å². The first-order valence-electron chi connectivity index (χ1n) is 24.5. The quantitative estimate of drug-likeness (QED) is 0.0354. The summed E-state index contributed by atoms with van der Waals surface area (Å²) in [6, 6.07) is 0. The van der Waals surface area contributed by atoms with Crippen LogP contribution in [0.3, 0.4) is 0 Å². The van der Waals surface area contributed by atoms with Gasteiger partial charge in [-0.25, -0.2) is 4.57 Å². The molecule has 0 aliphatic rings. The first-order chi connectivity index (χ1) is 27.4. The summed E-state index contributed by atoms with van der Waals surface area (Å²) in [5.41, 5.74) is 5.38. The lowest BCUT2D eigenvalue weighted by atomic mass is 10.0. The molecular formula is C47H96NO7P. The number of nitrogens with two attached hydrogens (primary N) is 1. The monoisotopic (exact) mass is 818 g/mol. The fraction of sp³-hybridized carbons (Fsp3) is 0.979. The molecule has 0 bridgehead atoms. The van der Waals surface area contributed by atoms with Crippen molar-refractivity contribution in [3.63, 3.8) is 0 Å². The summed E-state index contributed by atoms with van der Waals surface area (Å²) in [6.45, 7) is 4.99. The van der Waals surface area contributed by atoms with Crippen LogP contribution >= 0.6 is 7.82 Å². The summed E-state index contributed by atoms with van der Waals surface area (Å²) in [7, 11) is -4.27. The Hall–Kier alpha value is -0.500. The Bertz CT molecular complexity index is 832. The average Bonchev–Trinajstić information content (AvgIpc) is 3.19. The van der Waals surface area contributed by atoms with Crippen LogP contribution in [0.25, 0.3) is 0 Å². The number of esters is 1. The minimum absolute atomic E-state index is 0.0900. The van der Waals surface area contributed by atoms with E-state index < -0.39 is 13.9 Å². The van der Waals surface area contributed by atoms with Crippen molar-refractivity contribution in [1.82, 2.24) is 0 Å². The zero-order valence-corrected chi connectivity index (χ0v) is 38.3. The highest BCUT2D eigenvalue weighted by Gasteiger charge is 2.25. The van der Waals surface area contributed by atoms with Gasteiger partial charge in [0.25, 0.3) is 0 Å². The lowest BCUT2D eigenvalue weighted by Crippen LogP contribution is -2.28. The molecule has 2 atom stereocenters. The standard InChI is InChI=1S/C47H96NO7P/c1-3-5-7-9-11-13-15-17-18-19-20-21-22-23-24-25-26-27-28-29-31-33-35-37-39-42-52-44-46(45-54-56(50,51)53-43-41-48)55-47(49)40-38-36-34-32-30-16-14-12-10-8-6-4-2/h46H,3-45,48H2,1-2H3,(H,50,51). The van der Waals surface area contributed by atoms with E-state index in [1.54, 1.807) is 0 Å². The Morgan fingerprint density at radius 2 is 0.786 bits per heavy atom. The second-order valence-electron chi connectivity index (χ2n) is 16.7. The van der Waals surface area contributed by atoms with E-state index >= 15 is 0 Å². The van der Waals surface area contributed by atoms with Crippen molar-refractivity contribution in [3.05, 3.63) is 0 Å². The minimum atomic E-state index is -4.27. The van der Waals surface area contributed by atoms with Gasteiger partial charge in [0.15, 0.2) is 0 Å². The molecule has 56 heavy (non-hydrogen) atoms. The lowest BCUT2D eigenvalue weighted by molar-refractivity contribution is -0.154. The molecule has 0 aliphatic carbocycles. The number of rotatable bonds is 48. The summed E-state index contributed by atoms with van der Waals surface area (Å²) in [5.74, 6) is -0.324. The lowest BCUT2D eigenvalue weighted by Gasteiger charge is -2.20. The van der Waals surface area contributed by atoms with Crippen molar-refractivity contribution in [2.75, 3.05) is 33.0 Å². The first kappa shape index (κ1) is 55.5. The van der Waals surface area contributed by atoms with Gasteiger partial charge in [0.05, 0.1) is 19.8 Å². The fourth-order valence-corrected chi connectivity index (χ4v) is 8.18. The second-order valence-corrected chi connectivity index (χ2v) is 18.2. The number of carbonyl (C=O) groups excluding carboxylic acids is 1. The largest absolute Gasteiger partial charge is 0.472 e. The molecule has 0 aromatic rings. The van der Waals surface area contributed by atoms with Crippen LogP contribution < -0.4 is 5.73 Å². The molecule has 0 fully saturated rings. The smallest absolute Gasteiger partial charge is 0.457 e. The van der Waals surface area contributed by atoms with Crippen LogP contribution in [0.5, 0.6) is 0 Å². The second kappa shape index (κ2) is 45.6. The zero-order valence-electron chi connectivity index (χ0n) is 37.4. The third kappa shape index (κ3) is 44.6. The van der Waals surface area contributed by atoms with Gasteiger partial charge in [-0.3, -0.25) is 13.8 Å². The van der Waals surface area contributed by atoms with Crippen molar-refractivity contribution in [2.45, 2.75) is 264 Å². The molecule has 0 aromatic heterocycles. The molecule has 0 rings (SSSR count). The molecule has 2 unspecified atom stereocenters. The third-order valence-corrected chi connectivity index (χ3v) is 12.0. The predicted octanol–water partition coefficient (Wildman–Crippen LogP) is 14.9. The number of phosphoric acid groups is 1. The number of carbonyl (C=O) groups is 1. The molecule has 336 valence electrons. The van der Waals surface area contributed by atoms with Crippen LogP contribution in [-0.4, -0.2) is 49.9 Å². The van der Waals surface area contributed by atoms with Gasteiger partial charge < -0.3 is 20.1 Å². The van der Waals surface area contributed by atoms with Crippen LogP contribution in [-0.2, 0) is 27.9 Å². The van der Waals surface area contributed by atoms with E-state index in [2.05, 4.69) is 13.8 Å². The minimum Gasteiger partial charge on any atom is -0.457 e. The van der Waals surface area contributed by atoms with Gasteiger partial charge in [0, 0.05) is 19.6 Å². The molecule has 9 heteroatoms. The van der Waals surface area contributed by atoms with Crippen molar-refractivity contribution >= 4 is 13.8 Å². The molecule has 0 saturated heterocycles. The number of ether oxygens (including phenoxy) is 2. The maximum atomic E-state index is 12.6. The summed E-state index contributed by atoms with van der Waals surface area (Å²) in [4.78, 5) is 22.5. The zero-order chi connectivity index (χ0) is 40.9. The number of hydrogen-bond acceptors (Lipinski definition) is 7. The molecule has 0 aliphatic heterocycles. The predicted molar refractivity (Wildman–Crippen MR) is 238 cm³/mol. The Labute approximate surface area is 348 Å². The molecule has 0 heterocycles. The van der Waals surface area contributed by atoms with Crippen LogP contribution in [0.1, 0.15) is 258 Å². The van der Waals surface area contributed by atoms with Crippen LogP contribution in [0.2, 0.25) is 0 Å². The van der Waals surface area contributed by atoms with Crippen LogP contribution in [0.15, 0.2) is 0 Å². The molecular weight excluding hydrogens is 721 g/mol. The Kier molecular flexibility index (Phi) is 45.2. The van der Waals surface area contributed by atoms with E-state index in [0.717, 1.165) is 32.1 Å². The molecule has 0 aromatic carbocycles. The Balaban J connectivity index is 3.81. The van der Waals surface area contributed by atoms with Gasteiger partial charge in [0.2, 0.25) is 0 Å². The Morgan fingerprint density at radius 3 is 1.12 bits per heavy atom. The highest BCUT2D eigenvalue weighted by molar-refractivity contribution is 7.47. The molecule has 0 saturated carbocycles. The van der Waals surface area contributed by atoms with Gasteiger partial charge in [-0.1, -0.05) is 239 Å². The number of hydrogen-bond donors (Lipinski definition) is 2. The SMILES string of the molecule is CCCCCCCCCCCCCCCCCCCCCCCCCCCOCC(COP(=O)(O)OCCN)OC(=O)CCCCCCCCCCCCCC. The van der Waals surface area contributed by atoms with Crippen LogP contribution in [0, 0.1) is 0 Å². The van der Waals surface area contributed by atoms with Gasteiger partial charge in [-0.2, -0.15) is 0 Å². The molecule has 0 spiro atoms. The molecule has 8 nitrogen and oxygen atoms in total. The fourth-order valence-electron chi connectivity index (χ4n) is 7.41. The molecule has 3 N–H and O–H groups in total. The maximum Gasteiger partial charge on any atom is 0.472 e. The summed E-state index contributed by atoms with van der Waals surface area (Å²) >= 11 is 0. The average molecular weight is 818 g/mol. The molecule has 0 radical (unpaired) electrons. The highest BCUT2D eigenvalue weighted by atomic mass is 31.2. The number of phosphoric ester groups is 1. The van der Waals surface area contributed by atoms with Gasteiger partial charge in [0.1, 0.15) is 6.10 Å². The van der Waals surface area contributed by atoms with Crippen molar-refractivity contribution in [2.24, 2.45) is 5.73 Å². The summed E-state index contributed by atoms with van der Waals surface area (Å²) in [5, 5.41) is 0. The van der Waals surface area contributed by atoms with E-state index in [4.69, 9.17) is 24.3 Å². The van der Waals surface area contributed by atoms with Gasteiger partial charge >= 0.3 is 13.8 Å². The van der Waals surface area contributed by atoms with E-state index in [1.165, 1.54) is 205 Å². The number of unbranched alkanes of at least 4 members (excludes halogenated alkanes) is 35. The first-order valence-corrected chi connectivity index (χ1v) is 26.0. The summed E-state index contributed by atoms with van der Waals surface area (Å²) in [6.07, 6.45) is 48.6. The normalized spacial score (nSPS) is 13.3. The molecule has 0 amide bonds. The van der Waals surface area contributed by atoms with Crippen LogP contribution in [0.4, 0.5) is 0 Å². The summed E-state index contributed by atoms with van der Waals surface area (Å²) < 4.78 is 33.5. The third-order valence-electron chi connectivity index (χ3n) is 11.0. The van der Waals surface area contributed by atoms with Gasteiger partial charge in [-0.05, 0) is 12.8 Å². The van der Waals surface area contributed by atoms with E-state index in [9.17, 15) is 14.3 Å². The Morgan fingerprint density at radius 1 is 0.464 bits per heavy atom. The van der Waals surface area contributed by atoms with Gasteiger partial charge in [-0.15, -0.1) is 0 Å². The van der Waals surface area contributed by atoms with Crippen molar-refractivity contribution in [1.29, 1.82) is 0 Å². The van der Waals surface area contributed by atoms with Crippen molar-refractivity contribution in [3.8, 4) is 0 Å². The van der Waals surface area contributed by atoms with E-state index in [0.29, 0.717) is 13.0 Å². The van der Waals surface area contributed by atoms with E-state index in [1.807, 2.05) is 0 Å². The highest BCUT2D eigenvalue weighted by Crippen LogP contribution is 2.43. The topological polar surface area (TPSA) is 117 Å². The van der Waals surface area contributed by atoms with E-state index in [-0.39, 0.29) is 32.3 Å².